The molecular weight excluding hydrogens is 493 g/mol. The molecule has 1 fully saturated rings. The Morgan fingerprint density at radius 3 is 2.31 bits per heavy atom. The molecule has 192 valence electrons. The minimum absolute atomic E-state index is 0.0603. The average molecular weight is 527 g/mol. The zero-order chi connectivity index (χ0) is 26.3. The van der Waals surface area contributed by atoms with E-state index in [1.165, 1.54) is 12.1 Å². The second kappa shape index (κ2) is 9.97. The molecule has 0 aliphatic carbocycles. The molecule has 0 bridgehead atoms. The van der Waals surface area contributed by atoms with Crippen LogP contribution in [0.5, 0.6) is 0 Å². The third kappa shape index (κ3) is 5.66. The lowest BCUT2D eigenvalue weighted by molar-refractivity contribution is -0.157. The Kier molecular flexibility index (Phi) is 7.93. The first-order valence-electron chi connectivity index (χ1n) is 11.7. The van der Waals surface area contributed by atoms with Crippen LogP contribution in [-0.2, 0) is 14.9 Å². The van der Waals surface area contributed by atoms with Crippen molar-refractivity contribution in [3.63, 3.8) is 0 Å². The van der Waals surface area contributed by atoms with Gasteiger partial charge in [-0.25, -0.2) is 8.78 Å². The highest BCUT2D eigenvalue weighted by Gasteiger charge is 2.60. The van der Waals surface area contributed by atoms with E-state index in [9.17, 15) is 4.79 Å². The van der Waals surface area contributed by atoms with Crippen molar-refractivity contribution < 1.29 is 18.3 Å². The molecule has 2 aromatic rings. The molecule has 0 spiro atoms. The van der Waals surface area contributed by atoms with Crippen molar-refractivity contribution >= 4 is 29.2 Å². The summed E-state index contributed by atoms with van der Waals surface area (Å²) in [6.07, 6.45) is 0.532. The van der Waals surface area contributed by atoms with E-state index in [1.54, 1.807) is 45.0 Å². The first kappa shape index (κ1) is 27.9. The van der Waals surface area contributed by atoms with Crippen LogP contribution >= 0.6 is 23.2 Å². The van der Waals surface area contributed by atoms with Gasteiger partial charge in [-0.3, -0.25) is 4.79 Å². The van der Waals surface area contributed by atoms with Gasteiger partial charge in [0.05, 0.1) is 5.02 Å². The minimum atomic E-state index is -1.20. The molecule has 1 aliphatic rings. The predicted molar refractivity (Wildman–Crippen MR) is 137 cm³/mol. The van der Waals surface area contributed by atoms with Gasteiger partial charge in [-0.2, -0.15) is 0 Å². The number of carbonyl (C=O) groups excluding carboxylic acids is 1. The number of carbonyl (C=O) groups is 1. The summed E-state index contributed by atoms with van der Waals surface area (Å²) < 4.78 is 36.9. The van der Waals surface area contributed by atoms with Gasteiger partial charge in [0.2, 0.25) is 0 Å². The number of rotatable bonds is 5. The number of hydrogen-bond acceptors (Lipinski definition) is 4. The lowest BCUT2D eigenvalue weighted by Crippen LogP contribution is -2.50. The van der Waals surface area contributed by atoms with Crippen LogP contribution in [0.25, 0.3) is 0 Å². The SMILES string of the molecule is CC(C)(C)C[C@@H]1N[C@@H](C(=O)OC(C)(C)C)[C@H](c2cccc(Cl)c2F)[C@@]1(CN)c1ccc(Cl)cc1F. The average Bonchev–Trinajstić information content (AvgIpc) is 3.02. The fraction of sp³-hybridized carbons (Fsp3) is 0.519. The lowest BCUT2D eigenvalue weighted by Gasteiger charge is -2.42. The molecule has 3 rings (SSSR count). The standard InChI is InChI=1S/C27H34Cl2F2N2O2/c1-25(2,3)13-20-27(14-32,17-11-10-15(28)12-19(17)30)21(16-8-7-9-18(29)22(16)31)23(33-20)24(34)35-26(4,5)6/h7-12,20-21,23,33H,13-14,32H2,1-6H3/t20-,21-,23+,27-/m0/s1. The number of nitrogens with one attached hydrogen (secondary N) is 1. The van der Waals surface area contributed by atoms with Gasteiger partial charge >= 0.3 is 5.97 Å². The third-order valence-electron chi connectivity index (χ3n) is 6.45. The van der Waals surface area contributed by atoms with Crippen molar-refractivity contribution in [1.29, 1.82) is 0 Å². The molecule has 0 saturated carbocycles. The fourth-order valence-electron chi connectivity index (χ4n) is 5.22. The maximum atomic E-state index is 15.6. The molecule has 0 amide bonds. The molecule has 35 heavy (non-hydrogen) atoms. The van der Waals surface area contributed by atoms with Crippen LogP contribution < -0.4 is 11.1 Å². The third-order valence-corrected chi connectivity index (χ3v) is 6.98. The molecule has 0 radical (unpaired) electrons. The van der Waals surface area contributed by atoms with Crippen LogP contribution in [0.15, 0.2) is 36.4 Å². The van der Waals surface area contributed by atoms with Crippen LogP contribution in [0.4, 0.5) is 8.78 Å². The Labute approximate surface area is 216 Å². The monoisotopic (exact) mass is 526 g/mol. The van der Waals surface area contributed by atoms with E-state index >= 15 is 8.78 Å². The van der Waals surface area contributed by atoms with Crippen LogP contribution in [0, 0.1) is 17.0 Å². The second-order valence-electron chi connectivity index (χ2n) is 11.5. The highest BCUT2D eigenvalue weighted by molar-refractivity contribution is 6.31. The first-order chi connectivity index (χ1) is 16.1. The van der Waals surface area contributed by atoms with Gasteiger partial charge in [-0.15, -0.1) is 0 Å². The summed E-state index contributed by atoms with van der Waals surface area (Å²) in [6, 6.07) is 7.52. The molecule has 0 aromatic heterocycles. The van der Waals surface area contributed by atoms with Gasteiger partial charge in [0, 0.05) is 28.9 Å². The van der Waals surface area contributed by atoms with Crippen LogP contribution in [-0.4, -0.2) is 30.2 Å². The Morgan fingerprint density at radius 2 is 1.77 bits per heavy atom. The van der Waals surface area contributed by atoms with Gasteiger partial charge < -0.3 is 15.8 Å². The van der Waals surface area contributed by atoms with Crippen molar-refractivity contribution in [2.45, 2.75) is 77.0 Å². The number of nitrogens with two attached hydrogens (primary N) is 1. The van der Waals surface area contributed by atoms with Gasteiger partial charge in [0.15, 0.2) is 0 Å². The topological polar surface area (TPSA) is 64.3 Å². The second-order valence-corrected chi connectivity index (χ2v) is 12.3. The summed E-state index contributed by atoms with van der Waals surface area (Å²) in [4.78, 5) is 13.5. The van der Waals surface area contributed by atoms with E-state index in [4.69, 9.17) is 33.7 Å². The summed E-state index contributed by atoms with van der Waals surface area (Å²) in [5.74, 6) is -2.70. The van der Waals surface area contributed by atoms with Crippen LogP contribution in [0.1, 0.15) is 65.0 Å². The summed E-state index contributed by atoms with van der Waals surface area (Å²) in [7, 11) is 0. The fourth-order valence-corrected chi connectivity index (χ4v) is 5.56. The Balaban J connectivity index is 2.35. The summed E-state index contributed by atoms with van der Waals surface area (Å²) >= 11 is 12.2. The number of halogens is 4. The summed E-state index contributed by atoms with van der Waals surface area (Å²) in [5, 5.41) is 3.52. The zero-order valence-electron chi connectivity index (χ0n) is 21.0. The minimum Gasteiger partial charge on any atom is -0.459 e. The van der Waals surface area contributed by atoms with Crippen molar-refractivity contribution in [3.05, 3.63) is 69.2 Å². The van der Waals surface area contributed by atoms with Gasteiger partial charge in [0.25, 0.3) is 0 Å². The zero-order valence-corrected chi connectivity index (χ0v) is 22.5. The van der Waals surface area contributed by atoms with E-state index in [0.717, 1.165) is 0 Å². The molecule has 8 heteroatoms. The summed E-state index contributed by atoms with van der Waals surface area (Å²) in [6.45, 7) is 11.4. The van der Waals surface area contributed by atoms with Crippen LogP contribution in [0.2, 0.25) is 10.0 Å². The van der Waals surface area contributed by atoms with E-state index in [2.05, 4.69) is 5.32 Å². The maximum absolute atomic E-state index is 15.6. The lowest BCUT2D eigenvalue weighted by atomic mass is 9.62. The molecule has 0 unspecified atom stereocenters. The van der Waals surface area contributed by atoms with E-state index < -0.39 is 46.6 Å². The highest BCUT2D eigenvalue weighted by Crippen LogP contribution is 2.52. The first-order valence-corrected chi connectivity index (χ1v) is 12.4. The Morgan fingerprint density at radius 1 is 1.11 bits per heavy atom. The number of ether oxygens (including phenoxy) is 1. The Bertz CT molecular complexity index is 1100. The predicted octanol–water partition coefficient (Wildman–Crippen LogP) is 6.37. The normalized spacial score (nSPS) is 25.1. The molecule has 1 aliphatic heterocycles. The van der Waals surface area contributed by atoms with Crippen molar-refractivity contribution in [2.24, 2.45) is 11.1 Å². The van der Waals surface area contributed by atoms with Crippen molar-refractivity contribution in [1.82, 2.24) is 5.32 Å². The number of esters is 1. The largest absolute Gasteiger partial charge is 0.459 e. The maximum Gasteiger partial charge on any atom is 0.324 e. The number of benzene rings is 2. The molecular formula is C27H34Cl2F2N2O2. The van der Waals surface area contributed by atoms with E-state index in [0.29, 0.717) is 6.42 Å². The molecule has 3 N–H and O–H groups in total. The molecule has 1 heterocycles. The van der Waals surface area contributed by atoms with E-state index in [-0.39, 0.29) is 33.1 Å². The van der Waals surface area contributed by atoms with Gasteiger partial charge in [0.1, 0.15) is 23.3 Å². The summed E-state index contributed by atoms with van der Waals surface area (Å²) in [5.41, 5.74) is 4.72. The van der Waals surface area contributed by atoms with Crippen molar-refractivity contribution in [3.8, 4) is 0 Å². The quantitative estimate of drug-likeness (QED) is 0.444. The molecule has 1 saturated heterocycles. The number of hydrogen-bond donors (Lipinski definition) is 2. The smallest absolute Gasteiger partial charge is 0.324 e. The van der Waals surface area contributed by atoms with Gasteiger partial charge in [-0.1, -0.05) is 62.2 Å². The molecule has 2 aromatic carbocycles. The van der Waals surface area contributed by atoms with Crippen molar-refractivity contribution in [2.75, 3.05) is 6.54 Å². The molecule has 4 atom stereocenters. The Hall–Kier alpha value is -1.73. The molecule has 4 nitrogen and oxygen atoms in total. The highest BCUT2D eigenvalue weighted by atomic mass is 35.5. The van der Waals surface area contributed by atoms with E-state index in [1.807, 2.05) is 20.8 Å². The van der Waals surface area contributed by atoms with Crippen LogP contribution in [0.3, 0.4) is 0 Å². The van der Waals surface area contributed by atoms with Gasteiger partial charge in [-0.05, 0) is 61.9 Å².